The summed E-state index contributed by atoms with van der Waals surface area (Å²) in [6.07, 6.45) is 7.32. The van der Waals surface area contributed by atoms with E-state index in [0.29, 0.717) is 17.9 Å². The van der Waals surface area contributed by atoms with E-state index in [4.69, 9.17) is 0 Å². The quantitative estimate of drug-likeness (QED) is 0.920. The lowest BCUT2D eigenvalue weighted by Gasteiger charge is -2.36. The van der Waals surface area contributed by atoms with Crippen LogP contribution in [-0.2, 0) is 4.79 Å². The second-order valence-electron chi connectivity index (χ2n) is 6.09. The molecule has 3 rings (SSSR count). The summed E-state index contributed by atoms with van der Waals surface area (Å²) in [6, 6.07) is 4.52. The standard InChI is InChI=1S/C16H23N3O/c1-12-5-8-17-15(11-12)18-14-6-9-19(10-7-14)16(20)13-3-2-4-13/h5,8,11,13-14H,2-4,6-7,9-10H2,1H3,(H,17,18). The van der Waals surface area contributed by atoms with E-state index in [1.165, 1.54) is 12.0 Å². The van der Waals surface area contributed by atoms with Gasteiger partial charge in [0.2, 0.25) is 5.91 Å². The van der Waals surface area contributed by atoms with Crippen molar-refractivity contribution in [1.82, 2.24) is 9.88 Å². The first kappa shape index (κ1) is 13.4. The summed E-state index contributed by atoms with van der Waals surface area (Å²) in [4.78, 5) is 18.6. The molecule has 1 amide bonds. The minimum atomic E-state index is 0.331. The van der Waals surface area contributed by atoms with E-state index in [0.717, 1.165) is 44.6 Å². The third kappa shape index (κ3) is 2.94. The molecule has 1 aliphatic carbocycles. The van der Waals surface area contributed by atoms with Gasteiger partial charge in [0.25, 0.3) is 0 Å². The highest BCUT2D eigenvalue weighted by Crippen LogP contribution is 2.29. The van der Waals surface area contributed by atoms with Crippen molar-refractivity contribution in [2.24, 2.45) is 5.92 Å². The largest absolute Gasteiger partial charge is 0.367 e. The fourth-order valence-electron chi connectivity index (χ4n) is 2.98. The normalized spacial score (nSPS) is 20.6. The molecule has 1 N–H and O–H groups in total. The summed E-state index contributed by atoms with van der Waals surface area (Å²) >= 11 is 0. The SMILES string of the molecule is Cc1ccnc(NC2CCN(C(=O)C3CCC3)CC2)c1. The Morgan fingerprint density at radius 2 is 2.05 bits per heavy atom. The van der Waals surface area contributed by atoms with Gasteiger partial charge in [0, 0.05) is 31.2 Å². The van der Waals surface area contributed by atoms with Gasteiger partial charge in [0.1, 0.15) is 5.82 Å². The molecule has 4 nitrogen and oxygen atoms in total. The monoisotopic (exact) mass is 273 g/mol. The maximum atomic E-state index is 12.2. The number of aromatic nitrogens is 1. The zero-order valence-corrected chi connectivity index (χ0v) is 12.1. The first-order valence-corrected chi connectivity index (χ1v) is 7.70. The van der Waals surface area contributed by atoms with E-state index in [1.54, 1.807) is 0 Å². The highest BCUT2D eigenvalue weighted by molar-refractivity contribution is 5.79. The van der Waals surface area contributed by atoms with Crippen LogP contribution in [0.3, 0.4) is 0 Å². The summed E-state index contributed by atoms with van der Waals surface area (Å²) in [6.45, 7) is 3.85. The molecule has 0 bridgehead atoms. The molecule has 0 atom stereocenters. The number of amides is 1. The van der Waals surface area contributed by atoms with E-state index in [-0.39, 0.29) is 0 Å². The van der Waals surface area contributed by atoms with Gasteiger partial charge in [-0.1, -0.05) is 6.42 Å². The Kier molecular flexibility index (Phi) is 3.90. The third-order valence-electron chi connectivity index (χ3n) is 4.53. The van der Waals surface area contributed by atoms with Gasteiger partial charge in [0.15, 0.2) is 0 Å². The zero-order chi connectivity index (χ0) is 13.9. The van der Waals surface area contributed by atoms with Gasteiger partial charge in [-0.15, -0.1) is 0 Å². The van der Waals surface area contributed by atoms with Crippen LogP contribution in [0.25, 0.3) is 0 Å². The number of pyridine rings is 1. The molecule has 0 unspecified atom stereocenters. The van der Waals surface area contributed by atoms with E-state index in [2.05, 4.69) is 28.2 Å². The third-order valence-corrected chi connectivity index (χ3v) is 4.53. The highest BCUT2D eigenvalue weighted by atomic mass is 16.2. The second-order valence-corrected chi connectivity index (χ2v) is 6.09. The maximum absolute atomic E-state index is 12.2. The van der Waals surface area contributed by atoms with Crippen molar-refractivity contribution in [2.75, 3.05) is 18.4 Å². The summed E-state index contributed by atoms with van der Waals surface area (Å²) in [5.41, 5.74) is 1.22. The molecular weight excluding hydrogens is 250 g/mol. The first-order valence-electron chi connectivity index (χ1n) is 7.70. The Morgan fingerprint density at radius 1 is 1.30 bits per heavy atom. The number of piperidine rings is 1. The van der Waals surface area contributed by atoms with Crippen LogP contribution in [0.4, 0.5) is 5.82 Å². The van der Waals surface area contributed by atoms with Gasteiger partial charge < -0.3 is 10.2 Å². The Balaban J connectivity index is 1.49. The maximum Gasteiger partial charge on any atom is 0.225 e. The summed E-state index contributed by atoms with van der Waals surface area (Å²) < 4.78 is 0. The molecule has 2 fully saturated rings. The molecular formula is C16H23N3O. The number of carbonyl (C=O) groups is 1. The van der Waals surface area contributed by atoms with Crippen molar-refractivity contribution in [1.29, 1.82) is 0 Å². The molecule has 1 aromatic rings. The molecule has 2 heterocycles. The Bertz CT molecular complexity index is 476. The molecule has 2 aliphatic rings. The van der Waals surface area contributed by atoms with Crippen molar-refractivity contribution in [3.8, 4) is 0 Å². The summed E-state index contributed by atoms with van der Waals surface area (Å²) in [5.74, 6) is 1.68. The minimum absolute atomic E-state index is 0.331. The van der Waals surface area contributed by atoms with Crippen molar-refractivity contribution < 1.29 is 4.79 Å². The predicted octanol–water partition coefficient (Wildman–Crippen LogP) is 2.59. The zero-order valence-electron chi connectivity index (χ0n) is 12.1. The predicted molar refractivity (Wildman–Crippen MR) is 79.5 cm³/mol. The molecule has 0 spiro atoms. The number of rotatable bonds is 3. The molecule has 0 aromatic carbocycles. The molecule has 1 aliphatic heterocycles. The molecule has 0 radical (unpaired) electrons. The van der Waals surface area contributed by atoms with Crippen LogP contribution in [0.5, 0.6) is 0 Å². The second kappa shape index (κ2) is 5.81. The molecule has 1 saturated carbocycles. The van der Waals surface area contributed by atoms with Crippen LogP contribution in [-0.4, -0.2) is 34.9 Å². The minimum Gasteiger partial charge on any atom is -0.367 e. The Morgan fingerprint density at radius 3 is 2.65 bits per heavy atom. The fourth-order valence-corrected chi connectivity index (χ4v) is 2.98. The van der Waals surface area contributed by atoms with Crippen molar-refractivity contribution in [2.45, 2.75) is 45.1 Å². The molecule has 1 aromatic heterocycles. The van der Waals surface area contributed by atoms with Crippen molar-refractivity contribution >= 4 is 11.7 Å². The smallest absolute Gasteiger partial charge is 0.225 e. The van der Waals surface area contributed by atoms with Crippen LogP contribution < -0.4 is 5.32 Å². The van der Waals surface area contributed by atoms with E-state index in [9.17, 15) is 4.79 Å². The molecule has 4 heteroatoms. The van der Waals surface area contributed by atoms with Gasteiger partial charge in [-0.2, -0.15) is 0 Å². The Labute approximate surface area is 120 Å². The van der Waals surface area contributed by atoms with Gasteiger partial charge in [-0.3, -0.25) is 4.79 Å². The lowest BCUT2D eigenvalue weighted by atomic mass is 9.84. The first-order chi connectivity index (χ1) is 9.72. The van der Waals surface area contributed by atoms with Crippen molar-refractivity contribution in [3.63, 3.8) is 0 Å². The highest BCUT2D eigenvalue weighted by Gasteiger charge is 2.31. The lowest BCUT2D eigenvalue weighted by Crippen LogP contribution is -2.46. The Hall–Kier alpha value is -1.58. The van der Waals surface area contributed by atoms with E-state index < -0.39 is 0 Å². The van der Waals surface area contributed by atoms with Gasteiger partial charge in [-0.25, -0.2) is 4.98 Å². The number of hydrogen-bond donors (Lipinski definition) is 1. The summed E-state index contributed by atoms with van der Waals surface area (Å²) in [7, 11) is 0. The molecule has 108 valence electrons. The number of aryl methyl sites for hydroxylation is 1. The molecule has 1 saturated heterocycles. The van der Waals surface area contributed by atoms with Crippen LogP contribution in [0.2, 0.25) is 0 Å². The fraction of sp³-hybridized carbons (Fsp3) is 0.625. The molecule has 20 heavy (non-hydrogen) atoms. The number of likely N-dealkylation sites (tertiary alicyclic amines) is 1. The van der Waals surface area contributed by atoms with Crippen molar-refractivity contribution in [3.05, 3.63) is 23.9 Å². The van der Waals surface area contributed by atoms with Gasteiger partial charge in [0.05, 0.1) is 0 Å². The van der Waals surface area contributed by atoms with E-state index in [1.807, 2.05) is 12.3 Å². The van der Waals surface area contributed by atoms with Gasteiger partial charge >= 0.3 is 0 Å². The van der Waals surface area contributed by atoms with Crippen LogP contribution >= 0.6 is 0 Å². The summed E-state index contributed by atoms with van der Waals surface area (Å²) in [5, 5.41) is 3.49. The van der Waals surface area contributed by atoms with Crippen LogP contribution in [0, 0.1) is 12.8 Å². The van der Waals surface area contributed by atoms with Crippen LogP contribution in [0.1, 0.15) is 37.7 Å². The number of nitrogens with one attached hydrogen (secondary N) is 1. The number of hydrogen-bond acceptors (Lipinski definition) is 3. The van der Waals surface area contributed by atoms with Gasteiger partial charge in [-0.05, 0) is 50.3 Å². The topological polar surface area (TPSA) is 45.2 Å². The van der Waals surface area contributed by atoms with Crippen LogP contribution in [0.15, 0.2) is 18.3 Å². The van der Waals surface area contributed by atoms with E-state index >= 15 is 0 Å². The number of anilines is 1. The number of carbonyl (C=O) groups excluding carboxylic acids is 1. The lowest BCUT2D eigenvalue weighted by molar-refractivity contribution is -0.139. The average molecular weight is 273 g/mol. The average Bonchev–Trinajstić information content (AvgIpc) is 2.37. The number of nitrogens with zero attached hydrogens (tertiary/aromatic N) is 2.